The van der Waals surface area contributed by atoms with Crippen LogP contribution in [0, 0.1) is 0 Å². The fourth-order valence-corrected chi connectivity index (χ4v) is 3.46. The average Bonchev–Trinajstić information content (AvgIpc) is 2.85. The molecule has 116 valence electrons. The molecule has 0 bridgehead atoms. The number of nitrogens with zero attached hydrogens (tertiary/aromatic N) is 2. The summed E-state index contributed by atoms with van der Waals surface area (Å²) in [5.41, 5.74) is 2.79. The fourth-order valence-electron chi connectivity index (χ4n) is 3.46. The van der Waals surface area contributed by atoms with Crippen molar-refractivity contribution in [1.29, 1.82) is 0 Å². The number of rotatable bonds is 5. The molecule has 0 N–H and O–H groups in total. The first-order valence-electron chi connectivity index (χ1n) is 8.40. The van der Waals surface area contributed by atoms with Gasteiger partial charge in [-0.2, -0.15) is 0 Å². The molecule has 1 saturated heterocycles. The van der Waals surface area contributed by atoms with Gasteiger partial charge < -0.3 is 14.5 Å². The minimum Gasteiger partial charge on any atom is -0.490 e. The first-order chi connectivity index (χ1) is 10.2. The van der Waals surface area contributed by atoms with Gasteiger partial charge in [-0.3, -0.25) is 0 Å². The fraction of sp³-hybridized carbons (Fsp3) is 0.667. The van der Waals surface area contributed by atoms with Crippen molar-refractivity contribution in [2.45, 2.75) is 45.3 Å². The molecule has 21 heavy (non-hydrogen) atoms. The summed E-state index contributed by atoms with van der Waals surface area (Å²) in [6, 6.07) is 6.69. The number of likely N-dealkylation sites (tertiary alicyclic amines) is 1. The Morgan fingerprint density at radius 3 is 2.86 bits per heavy atom. The summed E-state index contributed by atoms with van der Waals surface area (Å²) in [5, 5.41) is 0. The number of piperidine rings is 1. The van der Waals surface area contributed by atoms with Gasteiger partial charge in [-0.05, 0) is 57.1 Å². The monoisotopic (exact) mass is 288 g/mol. The number of likely N-dealkylation sites (N-methyl/N-ethyl adjacent to an activating group) is 1. The summed E-state index contributed by atoms with van der Waals surface area (Å²) >= 11 is 0. The van der Waals surface area contributed by atoms with E-state index in [4.69, 9.17) is 4.74 Å². The van der Waals surface area contributed by atoms with Crippen LogP contribution < -0.4 is 4.74 Å². The van der Waals surface area contributed by atoms with Crippen LogP contribution in [0.15, 0.2) is 18.2 Å². The summed E-state index contributed by atoms with van der Waals surface area (Å²) in [6.45, 7) is 8.13. The standard InChI is InChI=1S/C18H28N2O/c1-15-12-17-13-16(6-7-18(17)21-15)14-19(2)10-11-20-8-4-3-5-9-20/h6-7,13,15H,3-5,8-12,14H2,1-2H3. The lowest BCUT2D eigenvalue weighted by molar-refractivity contribution is 0.194. The van der Waals surface area contributed by atoms with Gasteiger partial charge in [-0.25, -0.2) is 0 Å². The molecule has 1 fully saturated rings. The molecule has 1 unspecified atom stereocenters. The first kappa shape index (κ1) is 14.9. The molecule has 1 aromatic carbocycles. The summed E-state index contributed by atoms with van der Waals surface area (Å²) < 4.78 is 5.77. The van der Waals surface area contributed by atoms with Crippen molar-refractivity contribution in [2.75, 3.05) is 33.2 Å². The normalized spacial score (nSPS) is 22.3. The van der Waals surface area contributed by atoms with E-state index in [9.17, 15) is 0 Å². The van der Waals surface area contributed by atoms with Crippen molar-refractivity contribution in [3.05, 3.63) is 29.3 Å². The molecule has 1 aromatic rings. The van der Waals surface area contributed by atoms with Crippen molar-refractivity contribution in [2.24, 2.45) is 0 Å². The van der Waals surface area contributed by atoms with Crippen LogP contribution in [0.4, 0.5) is 0 Å². The second-order valence-electron chi connectivity index (χ2n) is 6.71. The van der Waals surface area contributed by atoms with Gasteiger partial charge in [0.25, 0.3) is 0 Å². The van der Waals surface area contributed by atoms with Crippen LogP contribution in [0.5, 0.6) is 5.75 Å². The number of ether oxygens (including phenoxy) is 1. The molecule has 2 aliphatic rings. The van der Waals surface area contributed by atoms with E-state index in [0.717, 1.165) is 25.3 Å². The van der Waals surface area contributed by atoms with Gasteiger partial charge in [0, 0.05) is 26.1 Å². The SMILES string of the molecule is CC1Cc2cc(CN(C)CCN3CCCCC3)ccc2O1. The Kier molecular flexibility index (Phi) is 4.81. The summed E-state index contributed by atoms with van der Waals surface area (Å²) in [5.74, 6) is 1.09. The zero-order chi connectivity index (χ0) is 14.7. The highest BCUT2D eigenvalue weighted by molar-refractivity contribution is 5.40. The van der Waals surface area contributed by atoms with Crippen LogP contribution in [-0.2, 0) is 13.0 Å². The van der Waals surface area contributed by atoms with Crippen LogP contribution in [0.1, 0.15) is 37.3 Å². The lowest BCUT2D eigenvalue weighted by Crippen LogP contribution is -2.36. The number of fused-ring (bicyclic) bond motifs is 1. The van der Waals surface area contributed by atoms with Crippen LogP contribution in [0.2, 0.25) is 0 Å². The van der Waals surface area contributed by atoms with Gasteiger partial charge in [0.1, 0.15) is 11.9 Å². The minimum absolute atomic E-state index is 0.340. The average molecular weight is 288 g/mol. The van der Waals surface area contributed by atoms with Crippen molar-refractivity contribution in [1.82, 2.24) is 9.80 Å². The predicted octanol–water partition coefficient (Wildman–Crippen LogP) is 2.93. The molecule has 3 rings (SSSR count). The highest BCUT2D eigenvalue weighted by atomic mass is 16.5. The van der Waals surface area contributed by atoms with Crippen molar-refractivity contribution in [3.8, 4) is 5.75 Å². The molecule has 0 aromatic heterocycles. The molecular weight excluding hydrogens is 260 g/mol. The Morgan fingerprint density at radius 2 is 2.05 bits per heavy atom. The Labute approximate surface area is 128 Å². The molecule has 2 heterocycles. The van der Waals surface area contributed by atoms with Gasteiger partial charge in [-0.15, -0.1) is 0 Å². The van der Waals surface area contributed by atoms with E-state index in [1.54, 1.807) is 0 Å². The highest BCUT2D eigenvalue weighted by Gasteiger charge is 2.19. The van der Waals surface area contributed by atoms with Crippen LogP contribution >= 0.6 is 0 Å². The van der Waals surface area contributed by atoms with E-state index >= 15 is 0 Å². The number of benzene rings is 1. The maximum Gasteiger partial charge on any atom is 0.123 e. The van der Waals surface area contributed by atoms with Crippen LogP contribution in [0.3, 0.4) is 0 Å². The number of hydrogen-bond donors (Lipinski definition) is 0. The van der Waals surface area contributed by atoms with E-state index in [-0.39, 0.29) is 0 Å². The van der Waals surface area contributed by atoms with E-state index in [1.807, 2.05) is 0 Å². The third-order valence-corrected chi connectivity index (χ3v) is 4.66. The molecule has 0 saturated carbocycles. The predicted molar refractivity (Wildman–Crippen MR) is 86.9 cm³/mol. The van der Waals surface area contributed by atoms with E-state index in [2.05, 4.69) is 42.0 Å². The minimum atomic E-state index is 0.340. The molecule has 0 radical (unpaired) electrons. The maximum atomic E-state index is 5.77. The Balaban J connectivity index is 1.48. The third-order valence-electron chi connectivity index (χ3n) is 4.66. The van der Waals surface area contributed by atoms with Crippen LogP contribution in [-0.4, -0.2) is 49.1 Å². The lowest BCUT2D eigenvalue weighted by atomic mass is 10.1. The largest absolute Gasteiger partial charge is 0.490 e. The lowest BCUT2D eigenvalue weighted by Gasteiger charge is -2.28. The van der Waals surface area contributed by atoms with E-state index < -0.39 is 0 Å². The van der Waals surface area contributed by atoms with Gasteiger partial charge in [0.2, 0.25) is 0 Å². The molecule has 0 spiro atoms. The topological polar surface area (TPSA) is 15.7 Å². The summed E-state index contributed by atoms with van der Waals surface area (Å²) in [6.07, 6.45) is 5.58. The molecule has 3 nitrogen and oxygen atoms in total. The van der Waals surface area contributed by atoms with Gasteiger partial charge in [0.15, 0.2) is 0 Å². The van der Waals surface area contributed by atoms with Crippen LogP contribution in [0.25, 0.3) is 0 Å². The third kappa shape index (κ3) is 3.98. The second kappa shape index (κ2) is 6.80. The Hall–Kier alpha value is -1.06. The molecule has 2 aliphatic heterocycles. The number of hydrogen-bond acceptors (Lipinski definition) is 3. The van der Waals surface area contributed by atoms with E-state index in [0.29, 0.717) is 6.10 Å². The van der Waals surface area contributed by atoms with Crippen molar-refractivity contribution >= 4 is 0 Å². The second-order valence-corrected chi connectivity index (χ2v) is 6.71. The van der Waals surface area contributed by atoms with Gasteiger partial charge in [-0.1, -0.05) is 18.6 Å². The van der Waals surface area contributed by atoms with Gasteiger partial charge >= 0.3 is 0 Å². The van der Waals surface area contributed by atoms with Crippen molar-refractivity contribution < 1.29 is 4.74 Å². The molecule has 0 amide bonds. The van der Waals surface area contributed by atoms with E-state index in [1.165, 1.54) is 50.0 Å². The van der Waals surface area contributed by atoms with Crippen molar-refractivity contribution in [3.63, 3.8) is 0 Å². The summed E-state index contributed by atoms with van der Waals surface area (Å²) in [4.78, 5) is 5.05. The molecular formula is C18H28N2O. The molecule has 3 heteroatoms. The summed E-state index contributed by atoms with van der Waals surface area (Å²) in [7, 11) is 2.23. The molecule has 1 atom stereocenters. The first-order valence-corrected chi connectivity index (χ1v) is 8.40. The zero-order valence-corrected chi connectivity index (χ0v) is 13.5. The van der Waals surface area contributed by atoms with Gasteiger partial charge in [0.05, 0.1) is 0 Å². The Morgan fingerprint density at radius 1 is 1.24 bits per heavy atom. The molecule has 0 aliphatic carbocycles. The maximum absolute atomic E-state index is 5.77. The smallest absolute Gasteiger partial charge is 0.123 e. The quantitative estimate of drug-likeness (QED) is 0.828. The Bertz CT molecular complexity index is 468. The zero-order valence-electron chi connectivity index (χ0n) is 13.5. The highest BCUT2D eigenvalue weighted by Crippen LogP contribution is 2.29.